The molecule has 0 spiro atoms. The van der Waals surface area contributed by atoms with Gasteiger partial charge in [-0.1, -0.05) is 55.5 Å². The number of methoxy groups -OCH3 is 1. The minimum Gasteiger partial charge on any atom is -0.464 e. The molecule has 0 amide bonds. The van der Waals surface area contributed by atoms with Crippen molar-refractivity contribution in [3.8, 4) is 27.0 Å². The highest BCUT2D eigenvalue weighted by Gasteiger charge is 2.22. The van der Waals surface area contributed by atoms with E-state index < -0.39 is 15.8 Å². The number of benzene rings is 2. The van der Waals surface area contributed by atoms with Gasteiger partial charge >= 0.3 is 5.97 Å². The van der Waals surface area contributed by atoms with Crippen molar-refractivity contribution in [2.45, 2.75) is 24.7 Å². The highest BCUT2D eigenvalue weighted by molar-refractivity contribution is 7.90. The molecule has 2 heterocycles. The SMILES string of the molecule is COC(=O)c1cc(-c2nnc(-c3cccc(S(C)(=O)=O)c3)s2)n(-c2ccccc2C(C)C)n1. The Morgan fingerprint density at radius 3 is 2.45 bits per heavy atom. The summed E-state index contributed by atoms with van der Waals surface area (Å²) in [6, 6.07) is 16.0. The normalized spacial score (nSPS) is 11.7. The van der Waals surface area contributed by atoms with Crippen LogP contribution in [0.1, 0.15) is 35.8 Å². The maximum absolute atomic E-state index is 12.2. The summed E-state index contributed by atoms with van der Waals surface area (Å²) >= 11 is 1.28. The average molecular weight is 483 g/mol. The molecule has 0 saturated carbocycles. The van der Waals surface area contributed by atoms with Crippen LogP contribution in [0.4, 0.5) is 0 Å². The van der Waals surface area contributed by atoms with E-state index >= 15 is 0 Å². The number of hydrogen-bond donors (Lipinski definition) is 0. The standard InChI is InChI=1S/C23H22N4O4S2/c1-14(2)17-10-5-6-11-19(17)27-20(13-18(26-27)23(28)31-3)22-25-24-21(32-22)15-8-7-9-16(12-15)33(4,29)30/h5-14H,1-4H3. The molecule has 0 fully saturated rings. The number of rotatable bonds is 6. The van der Waals surface area contributed by atoms with Gasteiger partial charge in [-0.2, -0.15) is 5.10 Å². The van der Waals surface area contributed by atoms with Crippen LogP contribution in [0.5, 0.6) is 0 Å². The predicted octanol–water partition coefficient (Wildman–Crippen LogP) is 4.37. The van der Waals surface area contributed by atoms with Crippen molar-refractivity contribution >= 4 is 27.1 Å². The van der Waals surface area contributed by atoms with Crippen molar-refractivity contribution in [1.82, 2.24) is 20.0 Å². The van der Waals surface area contributed by atoms with Crippen molar-refractivity contribution < 1.29 is 17.9 Å². The molecule has 4 rings (SSSR count). The fraction of sp³-hybridized carbons (Fsp3) is 0.217. The van der Waals surface area contributed by atoms with Gasteiger partial charge in [0.2, 0.25) is 0 Å². The van der Waals surface area contributed by atoms with Crippen molar-refractivity contribution in [1.29, 1.82) is 0 Å². The van der Waals surface area contributed by atoms with Crippen LogP contribution in [0.15, 0.2) is 59.5 Å². The molecule has 0 aliphatic heterocycles. The highest BCUT2D eigenvalue weighted by atomic mass is 32.2. The first-order valence-electron chi connectivity index (χ1n) is 10.1. The van der Waals surface area contributed by atoms with Gasteiger partial charge < -0.3 is 4.74 Å². The molecule has 0 aliphatic carbocycles. The van der Waals surface area contributed by atoms with Crippen LogP contribution in [0.3, 0.4) is 0 Å². The number of esters is 1. The Hall–Kier alpha value is -3.37. The third-order valence-corrected chi connectivity index (χ3v) is 7.15. The zero-order chi connectivity index (χ0) is 23.8. The summed E-state index contributed by atoms with van der Waals surface area (Å²) in [6.07, 6.45) is 1.16. The Labute approximate surface area is 195 Å². The van der Waals surface area contributed by atoms with Crippen LogP contribution >= 0.6 is 11.3 Å². The molecular formula is C23H22N4O4S2. The van der Waals surface area contributed by atoms with Gasteiger partial charge in [-0.05, 0) is 29.7 Å². The smallest absolute Gasteiger partial charge is 0.358 e. The topological polar surface area (TPSA) is 104 Å². The summed E-state index contributed by atoms with van der Waals surface area (Å²) in [6.45, 7) is 4.17. The molecular weight excluding hydrogens is 460 g/mol. The van der Waals surface area contributed by atoms with Crippen LogP contribution < -0.4 is 0 Å². The summed E-state index contributed by atoms with van der Waals surface area (Å²) in [5.41, 5.74) is 3.27. The number of sulfone groups is 1. The third-order valence-electron chi connectivity index (χ3n) is 5.04. The van der Waals surface area contributed by atoms with Gasteiger partial charge in [-0.3, -0.25) is 0 Å². The van der Waals surface area contributed by atoms with E-state index in [2.05, 4.69) is 29.1 Å². The van der Waals surface area contributed by atoms with Gasteiger partial charge in [-0.25, -0.2) is 17.9 Å². The molecule has 4 aromatic rings. The molecule has 0 N–H and O–H groups in total. The molecule has 0 radical (unpaired) electrons. The fourth-order valence-electron chi connectivity index (χ4n) is 3.39. The average Bonchev–Trinajstić information content (AvgIpc) is 3.45. The van der Waals surface area contributed by atoms with E-state index in [-0.39, 0.29) is 16.5 Å². The number of aromatic nitrogens is 4. The molecule has 0 atom stereocenters. The van der Waals surface area contributed by atoms with Gasteiger partial charge in [-0.15, -0.1) is 10.2 Å². The molecule has 0 bridgehead atoms. The quantitative estimate of drug-likeness (QED) is 0.376. The monoisotopic (exact) mass is 482 g/mol. The maximum Gasteiger partial charge on any atom is 0.358 e. The number of carbonyl (C=O) groups excluding carboxylic acids is 1. The summed E-state index contributed by atoms with van der Waals surface area (Å²) in [5, 5.41) is 14.2. The zero-order valence-corrected chi connectivity index (χ0v) is 20.1. The van der Waals surface area contributed by atoms with Gasteiger partial charge in [0.15, 0.2) is 20.5 Å². The minimum atomic E-state index is -3.35. The van der Waals surface area contributed by atoms with E-state index in [0.29, 0.717) is 21.3 Å². The lowest BCUT2D eigenvalue weighted by molar-refractivity contribution is 0.0593. The van der Waals surface area contributed by atoms with Crippen molar-refractivity contribution in [2.24, 2.45) is 0 Å². The fourth-order valence-corrected chi connectivity index (χ4v) is 4.90. The molecule has 170 valence electrons. The second kappa shape index (κ2) is 8.87. The molecule has 0 saturated heterocycles. The first-order chi connectivity index (χ1) is 15.7. The Balaban J connectivity index is 1.85. The lowest BCUT2D eigenvalue weighted by Crippen LogP contribution is -2.07. The second-order valence-electron chi connectivity index (χ2n) is 7.74. The van der Waals surface area contributed by atoms with E-state index in [1.165, 1.54) is 18.4 Å². The number of ether oxygens (including phenoxy) is 1. The van der Waals surface area contributed by atoms with Crippen molar-refractivity contribution in [3.05, 3.63) is 65.9 Å². The Bertz CT molecular complexity index is 1440. The van der Waals surface area contributed by atoms with E-state index in [9.17, 15) is 13.2 Å². The van der Waals surface area contributed by atoms with Gasteiger partial charge in [0, 0.05) is 17.9 Å². The first kappa shape index (κ1) is 22.8. The first-order valence-corrected chi connectivity index (χ1v) is 12.8. The molecule has 33 heavy (non-hydrogen) atoms. The second-order valence-corrected chi connectivity index (χ2v) is 10.7. The van der Waals surface area contributed by atoms with E-state index in [1.807, 2.05) is 24.3 Å². The van der Waals surface area contributed by atoms with Crippen LogP contribution in [0.2, 0.25) is 0 Å². The Morgan fingerprint density at radius 1 is 1.03 bits per heavy atom. The number of para-hydroxylation sites is 1. The molecule has 10 heteroatoms. The minimum absolute atomic E-state index is 0.155. The summed E-state index contributed by atoms with van der Waals surface area (Å²) < 4.78 is 30.4. The van der Waals surface area contributed by atoms with Crippen molar-refractivity contribution in [2.75, 3.05) is 13.4 Å². The lowest BCUT2D eigenvalue weighted by Gasteiger charge is -2.14. The van der Waals surface area contributed by atoms with Gasteiger partial charge in [0.1, 0.15) is 10.7 Å². The van der Waals surface area contributed by atoms with E-state index in [0.717, 1.165) is 17.5 Å². The van der Waals surface area contributed by atoms with Crippen LogP contribution in [-0.2, 0) is 14.6 Å². The summed E-state index contributed by atoms with van der Waals surface area (Å²) in [4.78, 5) is 12.4. The summed E-state index contributed by atoms with van der Waals surface area (Å²) in [7, 11) is -2.05. The predicted molar refractivity (Wildman–Crippen MR) is 126 cm³/mol. The number of carbonyl (C=O) groups is 1. The van der Waals surface area contributed by atoms with Gasteiger partial charge in [0.25, 0.3) is 0 Å². The lowest BCUT2D eigenvalue weighted by atomic mass is 10.0. The maximum atomic E-state index is 12.2. The third kappa shape index (κ3) is 4.57. The van der Waals surface area contributed by atoms with E-state index in [1.54, 1.807) is 35.0 Å². The Kier molecular flexibility index (Phi) is 6.13. The van der Waals surface area contributed by atoms with Gasteiger partial charge in [0.05, 0.1) is 17.7 Å². The molecule has 0 unspecified atom stereocenters. The number of hydrogen-bond acceptors (Lipinski definition) is 8. The molecule has 0 aliphatic rings. The largest absolute Gasteiger partial charge is 0.464 e. The molecule has 8 nitrogen and oxygen atoms in total. The highest BCUT2D eigenvalue weighted by Crippen LogP contribution is 2.34. The Morgan fingerprint density at radius 2 is 1.76 bits per heavy atom. The van der Waals surface area contributed by atoms with E-state index in [4.69, 9.17) is 4.74 Å². The van der Waals surface area contributed by atoms with Crippen molar-refractivity contribution in [3.63, 3.8) is 0 Å². The molecule has 2 aromatic heterocycles. The number of nitrogens with zero attached hydrogens (tertiary/aromatic N) is 4. The van der Waals surface area contributed by atoms with Crippen LogP contribution in [0, 0.1) is 0 Å². The van der Waals surface area contributed by atoms with Crippen LogP contribution in [-0.4, -0.2) is 47.7 Å². The zero-order valence-electron chi connectivity index (χ0n) is 18.5. The summed E-state index contributed by atoms with van der Waals surface area (Å²) in [5.74, 6) is -0.328. The molecule has 2 aromatic carbocycles. The van der Waals surface area contributed by atoms with Crippen LogP contribution in [0.25, 0.3) is 27.0 Å².